The van der Waals surface area contributed by atoms with Gasteiger partial charge in [-0.25, -0.2) is 4.79 Å². The second-order valence-corrected chi connectivity index (χ2v) is 5.78. The number of carbonyl (C=O) groups excluding carboxylic acids is 1. The SMILES string of the molecule is Cc1ccc2c(c1)c(CCN(C)C)cn2C(=O)N(C)C. The number of nitrogens with zero attached hydrogens (tertiary/aromatic N) is 3. The van der Waals surface area contributed by atoms with E-state index in [2.05, 4.69) is 38.1 Å². The van der Waals surface area contributed by atoms with Crippen LogP contribution >= 0.6 is 0 Å². The number of aromatic nitrogens is 1. The van der Waals surface area contributed by atoms with Crippen LogP contribution in [-0.4, -0.2) is 55.1 Å². The Hall–Kier alpha value is -1.81. The van der Waals surface area contributed by atoms with E-state index in [0.29, 0.717) is 0 Å². The largest absolute Gasteiger partial charge is 0.330 e. The second-order valence-electron chi connectivity index (χ2n) is 5.78. The van der Waals surface area contributed by atoms with Gasteiger partial charge in [0.1, 0.15) is 0 Å². The molecule has 0 radical (unpaired) electrons. The van der Waals surface area contributed by atoms with Crippen LogP contribution in [0.4, 0.5) is 4.79 Å². The Kier molecular flexibility index (Phi) is 4.14. The molecule has 20 heavy (non-hydrogen) atoms. The highest BCUT2D eigenvalue weighted by molar-refractivity contribution is 5.94. The summed E-state index contributed by atoms with van der Waals surface area (Å²) < 4.78 is 1.75. The molecule has 1 aromatic heterocycles. The summed E-state index contributed by atoms with van der Waals surface area (Å²) in [4.78, 5) is 16.0. The molecule has 108 valence electrons. The average molecular weight is 273 g/mol. The molecule has 1 amide bonds. The first kappa shape index (κ1) is 14.6. The lowest BCUT2D eigenvalue weighted by atomic mass is 10.1. The standard InChI is InChI=1S/C16H23N3O/c1-12-6-7-15-14(10-12)13(8-9-17(2)3)11-19(15)16(20)18(4)5/h6-7,10-11H,8-9H2,1-5H3. The van der Waals surface area contributed by atoms with Gasteiger partial charge in [-0.2, -0.15) is 0 Å². The fourth-order valence-electron chi connectivity index (χ4n) is 2.33. The minimum absolute atomic E-state index is 0.00467. The van der Waals surface area contributed by atoms with Gasteiger partial charge in [-0.05, 0) is 45.1 Å². The highest BCUT2D eigenvalue weighted by Crippen LogP contribution is 2.23. The highest BCUT2D eigenvalue weighted by Gasteiger charge is 2.15. The van der Waals surface area contributed by atoms with Crippen LogP contribution in [0.1, 0.15) is 11.1 Å². The van der Waals surface area contributed by atoms with E-state index in [-0.39, 0.29) is 6.03 Å². The quantitative estimate of drug-likeness (QED) is 0.860. The maximum Gasteiger partial charge on any atom is 0.328 e. The third-order valence-electron chi connectivity index (χ3n) is 3.46. The first-order valence-electron chi connectivity index (χ1n) is 6.87. The zero-order valence-electron chi connectivity index (χ0n) is 13.0. The molecule has 0 N–H and O–H groups in total. The maximum atomic E-state index is 12.3. The molecule has 1 heterocycles. The Bertz CT molecular complexity index is 626. The first-order chi connectivity index (χ1) is 9.40. The smallest absolute Gasteiger partial charge is 0.328 e. The van der Waals surface area contributed by atoms with Gasteiger partial charge in [-0.3, -0.25) is 4.57 Å². The van der Waals surface area contributed by atoms with Gasteiger partial charge in [0.2, 0.25) is 0 Å². The summed E-state index contributed by atoms with van der Waals surface area (Å²) in [6.45, 7) is 3.06. The van der Waals surface area contributed by atoms with Crippen LogP contribution < -0.4 is 0 Å². The van der Waals surface area contributed by atoms with Crippen molar-refractivity contribution in [3.05, 3.63) is 35.5 Å². The lowest BCUT2D eigenvalue weighted by Crippen LogP contribution is -2.26. The van der Waals surface area contributed by atoms with Crippen molar-refractivity contribution in [2.75, 3.05) is 34.7 Å². The number of benzene rings is 1. The minimum Gasteiger partial charge on any atom is -0.330 e. The topological polar surface area (TPSA) is 28.5 Å². The van der Waals surface area contributed by atoms with Crippen LogP contribution in [0.5, 0.6) is 0 Å². The molecule has 0 bridgehead atoms. The average Bonchev–Trinajstić information content (AvgIpc) is 2.73. The minimum atomic E-state index is -0.00467. The summed E-state index contributed by atoms with van der Waals surface area (Å²) in [5.41, 5.74) is 3.44. The summed E-state index contributed by atoms with van der Waals surface area (Å²) >= 11 is 0. The van der Waals surface area contributed by atoms with Crippen molar-refractivity contribution >= 4 is 16.9 Å². The Morgan fingerprint density at radius 1 is 1.20 bits per heavy atom. The van der Waals surface area contributed by atoms with Gasteiger partial charge < -0.3 is 9.80 Å². The zero-order chi connectivity index (χ0) is 14.9. The maximum absolute atomic E-state index is 12.3. The number of aryl methyl sites for hydroxylation is 1. The van der Waals surface area contributed by atoms with Crippen molar-refractivity contribution in [3.8, 4) is 0 Å². The van der Waals surface area contributed by atoms with Crippen molar-refractivity contribution in [1.82, 2.24) is 14.4 Å². The third kappa shape index (κ3) is 2.85. The molecule has 0 aliphatic carbocycles. The molecular weight excluding hydrogens is 250 g/mol. The molecule has 0 saturated carbocycles. The Morgan fingerprint density at radius 2 is 1.90 bits per heavy atom. The molecule has 1 aromatic carbocycles. The molecule has 0 atom stereocenters. The fourth-order valence-corrected chi connectivity index (χ4v) is 2.33. The van der Waals surface area contributed by atoms with Gasteiger partial charge in [0.25, 0.3) is 0 Å². The lowest BCUT2D eigenvalue weighted by molar-refractivity contribution is 0.220. The van der Waals surface area contributed by atoms with E-state index in [4.69, 9.17) is 0 Å². The van der Waals surface area contributed by atoms with Crippen LogP contribution in [0, 0.1) is 6.92 Å². The van der Waals surface area contributed by atoms with Gasteiger partial charge in [0.15, 0.2) is 0 Å². The Morgan fingerprint density at radius 3 is 2.50 bits per heavy atom. The third-order valence-corrected chi connectivity index (χ3v) is 3.46. The fraction of sp³-hybridized carbons (Fsp3) is 0.438. The predicted octanol–water partition coefficient (Wildman–Crippen LogP) is 2.58. The van der Waals surface area contributed by atoms with E-state index in [9.17, 15) is 4.79 Å². The number of amides is 1. The van der Waals surface area contributed by atoms with Crippen LogP contribution in [0.2, 0.25) is 0 Å². The van der Waals surface area contributed by atoms with Crippen molar-refractivity contribution in [3.63, 3.8) is 0 Å². The molecule has 0 saturated heterocycles. The number of fused-ring (bicyclic) bond motifs is 1. The second kappa shape index (κ2) is 5.67. The van der Waals surface area contributed by atoms with E-state index in [1.54, 1.807) is 23.6 Å². The molecule has 4 heteroatoms. The monoisotopic (exact) mass is 273 g/mol. The van der Waals surface area contributed by atoms with Crippen LogP contribution in [0.3, 0.4) is 0 Å². The van der Waals surface area contributed by atoms with Crippen LogP contribution in [0.15, 0.2) is 24.4 Å². The number of hydrogen-bond acceptors (Lipinski definition) is 2. The number of rotatable bonds is 3. The van der Waals surface area contributed by atoms with Crippen molar-refractivity contribution < 1.29 is 4.79 Å². The Labute approximate surface area is 120 Å². The van der Waals surface area contributed by atoms with Gasteiger partial charge >= 0.3 is 6.03 Å². The number of likely N-dealkylation sites (N-methyl/N-ethyl adjacent to an activating group) is 1. The molecule has 2 rings (SSSR count). The molecule has 2 aromatic rings. The van der Waals surface area contributed by atoms with Crippen molar-refractivity contribution in [2.24, 2.45) is 0 Å². The summed E-state index contributed by atoms with van der Waals surface area (Å²) in [6, 6.07) is 6.25. The van der Waals surface area contributed by atoms with E-state index in [1.165, 1.54) is 16.5 Å². The molecule has 0 spiro atoms. The summed E-state index contributed by atoms with van der Waals surface area (Å²) in [5.74, 6) is 0. The molecular formula is C16H23N3O. The van der Waals surface area contributed by atoms with Crippen molar-refractivity contribution in [1.29, 1.82) is 0 Å². The summed E-state index contributed by atoms with van der Waals surface area (Å²) in [6.07, 6.45) is 2.93. The van der Waals surface area contributed by atoms with Crippen molar-refractivity contribution in [2.45, 2.75) is 13.3 Å². The van der Waals surface area contributed by atoms with Gasteiger partial charge in [0.05, 0.1) is 5.52 Å². The normalized spacial score (nSPS) is 11.3. The van der Waals surface area contributed by atoms with E-state index in [1.807, 2.05) is 12.3 Å². The van der Waals surface area contributed by atoms with E-state index in [0.717, 1.165) is 18.5 Å². The highest BCUT2D eigenvalue weighted by atomic mass is 16.2. The Balaban J connectivity index is 2.51. The first-order valence-corrected chi connectivity index (χ1v) is 6.87. The van der Waals surface area contributed by atoms with E-state index >= 15 is 0 Å². The van der Waals surface area contributed by atoms with Crippen LogP contribution in [0.25, 0.3) is 10.9 Å². The molecule has 4 nitrogen and oxygen atoms in total. The molecule has 0 unspecified atom stereocenters. The van der Waals surface area contributed by atoms with Gasteiger partial charge in [0, 0.05) is 32.2 Å². The summed E-state index contributed by atoms with van der Waals surface area (Å²) in [7, 11) is 7.69. The van der Waals surface area contributed by atoms with Gasteiger partial charge in [-0.1, -0.05) is 11.6 Å². The predicted molar refractivity (Wildman–Crippen MR) is 83.4 cm³/mol. The number of hydrogen-bond donors (Lipinski definition) is 0. The lowest BCUT2D eigenvalue weighted by Gasteiger charge is -2.11. The molecule has 0 aliphatic rings. The molecule has 0 fully saturated rings. The van der Waals surface area contributed by atoms with Gasteiger partial charge in [-0.15, -0.1) is 0 Å². The number of carbonyl (C=O) groups is 1. The molecule has 0 aliphatic heterocycles. The summed E-state index contributed by atoms with van der Waals surface area (Å²) in [5, 5.41) is 1.18. The zero-order valence-corrected chi connectivity index (χ0v) is 13.0. The van der Waals surface area contributed by atoms with Crippen LogP contribution in [-0.2, 0) is 6.42 Å². The van der Waals surface area contributed by atoms with E-state index < -0.39 is 0 Å².